The van der Waals surface area contributed by atoms with Gasteiger partial charge in [-0.15, -0.1) is 0 Å². The number of fused-ring (bicyclic) bond motifs is 1. The lowest BCUT2D eigenvalue weighted by Gasteiger charge is -2.18. The molecule has 0 bridgehead atoms. The molecule has 1 unspecified atom stereocenters. The van der Waals surface area contributed by atoms with E-state index in [0.717, 1.165) is 11.1 Å². The summed E-state index contributed by atoms with van der Waals surface area (Å²) in [5, 5.41) is 12.2. The number of amides is 1. The van der Waals surface area contributed by atoms with Crippen LogP contribution >= 0.6 is 0 Å². The van der Waals surface area contributed by atoms with E-state index in [1.54, 1.807) is 39.8 Å². The molecule has 2 N–H and O–H groups in total. The summed E-state index contributed by atoms with van der Waals surface area (Å²) in [6, 6.07) is 2.50. The second-order valence-electron chi connectivity index (χ2n) is 6.69. The van der Waals surface area contributed by atoms with Crippen molar-refractivity contribution in [3.05, 3.63) is 39.2 Å². The number of aryl methyl sites for hydroxylation is 2. The maximum absolute atomic E-state index is 12.1. The highest BCUT2D eigenvalue weighted by molar-refractivity contribution is 5.89. The van der Waals surface area contributed by atoms with E-state index in [1.807, 2.05) is 6.92 Å². The van der Waals surface area contributed by atoms with Crippen LogP contribution in [0.4, 0.5) is 0 Å². The lowest BCUT2D eigenvalue weighted by molar-refractivity contribution is -0.143. The van der Waals surface area contributed by atoms with Crippen LogP contribution in [0.2, 0.25) is 0 Å². The van der Waals surface area contributed by atoms with Crippen LogP contribution in [0.15, 0.2) is 21.3 Å². The maximum Gasteiger partial charge on any atom is 0.339 e. The predicted molar refractivity (Wildman–Crippen MR) is 96.6 cm³/mol. The number of carbonyl (C=O) groups is 2. The monoisotopic (exact) mass is 361 g/mol. The summed E-state index contributed by atoms with van der Waals surface area (Å²) in [5.74, 6) is -1.47. The molecule has 0 spiro atoms. The molecule has 1 amide bonds. The number of ether oxygens (including phenoxy) is 1. The summed E-state index contributed by atoms with van der Waals surface area (Å²) in [5.41, 5.74) is 1.98. The molecule has 26 heavy (non-hydrogen) atoms. The minimum atomic E-state index is -1.09. The van der Waals surface area contributed by atoms with E-state index in [0.29, 0.717) is 22.3 Å². The first kappa shape index (κ1) is 19.5. The minimum absolute atomic E-state index is 0.254. The fourth-order valence-electron chi connectivity index (χ4n) is 2.67. The molecular formula is C19H23NO6. The van der Waals surface area contributed by atoms with E-state index >= 15 is 0 Å². The van der Waals surface area contributed by atoms with Gasteiger partial charge in [0, 0.05) is 5.56 Å². The number of rotatable bonds is 6. The summed E-state index contributed by atoms with van der Waals surface area (Å²) in [6.45, 7) is 8.35. The van der Waals surface area contributed by atoms with Crippen molar-refractivity contribution in [3.8, 4) is 5.75 Å². The fourth-order valence-corrected chi connectivity index (χ4v) is 2.67. The molecule has 1 aromatic heterocycles. The van der Waals surface area contributed by atoms with Gasteiger partial charge in [-0.2, -0.15) is 0 Å². The summed E-state index contributed by atoms with van der Waals surface area (Å²) in [6.07, 6.45) is 0. The van der Waals surface area contributed by atoms with Crippen LogP contribution in [0.3, 0.4) is 0 Å². The molecule has 1 atom stereocenters. The van der Waals surface area contributed by atoms with E-state index < -0.39 is 23.5 Å². The Labute approximate surface area is 151 Å². The smallest absolute Gasteiger partial charge is 0.339 e. The number of carboxylic acids is 1. The van der Waals surface area contributed by atoms with Gasteiger partial charge in [0.05, 0.1) is 5.39 Å². The summed E-state index contributed by atoms with van der Waals surface area (Å²) in [4.78, 5) is 35.1. The second kappa shape index (κ2) is 7.59. The van der Waals surface area contributed by atoms with E-state index in [4.69, 9.17) is 14.3 Å². The molecule has 1 aromatic carbocycles. The molecule has 140 valence electrons. The normalized spacial score (nSPS) is 12.2. The van der Waals surface area contributed by atoms with Crippen molar-refractivity contribution in [2.45, 2.75) is 40.7 Å². The van der Waals surface area contributed by atoms with Crippen LogP contribution in [0, 0.1) is 26.7 Å². The molecule has 7 nitrogen and oxygen atoms in total. The number of nitrogens with one attached hydrogen (secondary N) is 1. The largest absolute Gasteiger partial charge is 0.483 e. The molecule has 1 heterocycles. The van der Waals surface area contributed by atoms with Crippen molar-refractivity contribution >= 4 is 22.8 Å². The zero-order valence-corrected chi connectivity index (χ0v) is 15.5. The Morgan fingerprint density at radius 1 is 1.19 bits per heavy atom. The van der Waals surface area contributed by atoms with Crippen LogP contribution in [-0.4, -0.2) is 29.6 Å². The number of carboxylic acid groups (broad SMARTS) is 1. The highest BCUT2D eigenvalue weighted by atomic mass is 16.5. The topological polar surface area (TPSA) is 106 Å². The highest BCUT2D eigenvalue weighted by Crippen LogP contribution is 2.30. The van der Waals surface area contributed by atoms with Crippen LogP contribution < -0.4 is 15.7 Å². The van der Waals surface area contributed by atoms with Crippen molar-refractivity contribution in [3.63, 3.8) is 0 Å². The zero-order chi connectivity index (χ0) is 19.6. The minimum Gasteiger partial charge on any atom is -0.483 e. The fraction of sp³-hybridized carbons (Fsp3) is 0.421. The molecule has 0 saturated carbocycles. The van der Waals surface area contributed by atoms with Crippen molar-refractivity contribution in [2.75, 3.05) is 6.61 Å². The lowest BCUT2D eigenvalue weighted by atomic mass is 10.0. The van der Waals surface area contributed by atoms with Gasteiger partial charge in [0.25, 0.3) is 5.91 Å². The Morgan fingerprint density at radius 3 is 2.42 bits per heavy atom. The number of hydrogen-bond donors (Lipinski definition) is 2. The quantitative estimate of drug-likeness (QED) is 0.765. The predicted octanol–water partition coefficient (Wildman–Crippen LogP) is 2.32. The van der Waals surface area contributed by atoms with Gasteiger partial charge in [-0.3, -0.25) is 4.79 Å². The van der Waals surface area contributed by atoms with Crippen LogP contribution in [-0.2, 0) is 9.59 Å². The molecule has 0 aliphatic heterocycles. The van der Waals surface area contributed by atoms with Gasteiger partial charge in [0.2, 0.25) is 0 Å². The van der Waals surface area contributed by atoms with Gasteiger partial charge < -0.3 is 19.6 Å². The summed E-state index contributed by atoms with van der Waals surface area (Å²) < 4.78 is 10.9. The van der Waals surface area contributed by atoms with E-state index in [2.05, 4.69) is 5.32 Å². The third-order valence-electron chi connectivity index (χ3n) is 4.26. The molecule has 0 aliphatic carbocycles. The van der Waals surface area contributed by atoms with Gasteiger partial charge in [-0.1, -0.05) is 13.8 Å². The van der Waals surface area contributed by atoms with Crippen molar-refractivity contribution in [1.82, 2.24) is 5.32 Å². The highest BCUT2D eigenvalue weighted by Gasteiger charge is 2.23. The van der Waals surface area contributed by atoms with E-state index in [-0.39, 0.29) is 12.5 Å². The first-order valence-corrected chi connectivity index (χ1v) is 8.31. The van der Waals surface area contributed by atoms with Crippen molar-refractivity contribution in [1.29, 1.82) is 0 Å². The Hall–Kier alpha value is -2.83. The molecule has 0 radical (unpaired) electrons. The van der Waals surface area contributed by atoms with Crippen molar-refractivity contribution in [2.24, 2.45) is 5.92 Å². The third kappa shape index (κ3) is 4.04. The second-order valence-corrected chi connectivity index (χ2v) is 6.69. The number of aliphatic carboxylic acids is 1. The standard InChI is InChI=1S/C19H23NO6/c1-9(2)17(18(22)23)20-15(21)8-25-13-6-10(3)7-14-16(13)11(4)12(5)19(24)26-14/h6-7,9,17H,8H2,1-5H3,(H,20,21)(H,22,23). The van der Waals surface area contributed by atoms with Crippen LogP contribution in [0.1, 0.15) is 30.5 Å². The number of benzene rings is 1. The Balaban J connectivity index is 2.28. The lowest BCUT2D eigenvalue weighted by Crippen LogP contribution is -2.46. The number of carbonyl (C=O) groups excluding carboxylic acids is 1. The summed E-state index contributed by atoms with van der Waals surface area (Å²) >= 11 is 0. The Morgan fingerprint density at radius 2 is 1.85 bits per heavy atom. The molecule has 7 heteroatoms. The molecule has 0 saturated heterocycles. The SMILES string of the molecule is Cc1cc(OCC(=O)NC(C(=O)O)C(C)C)c2c(C)c(C)c(=O)oc2c1. The Bertz CT molecular complexity index is 912. The summed E-state index contributed by atoms with van der Waals surface area (Å²) in [7, 11) is 0. The molecule has 0 fully saturated rings. The van der Waals surface area contributed by atoms with E-state index in [9.17, 15) is 14.4 Å². The Kier molecular flexibility index (Phi) is 5.69. The molecular weight excluding hydrogens is 338 g/mol. The number of hydrogen-bond acceptors (Lipinski definition) is 5. The molecule has 2 rings (SSSR count). The van der Waals surface area contributed by atoms with Gasteiger partial charge in [0.1, 0.15) is 17.4 Å². The first-order valence-electron chi connectivity index (χ1n) is 8.31. The maximum atomic E-state index is 12.1. The van der Waals surface area contributed by atoms with Gasteiger partial charge in [0.15, 0.2) is 6.61 Å². The van der Waals surface area contributed by atoms with Gasteiger partial charge in [-0.25, -0.2) is 9.59 Å². The molecule has 2 aromatic rings. The van der Waals surface area contributed by atoms with E-state index in [1.165, 1.54) is 0 Å². The molecule has 0 aliphatic rings. The average Bonchev–Trinajstić information content (AvgIpc) is 2.54. The van der Waals surface area contributed by atoms with Gasteiger partial charge >= 0.3 is 11.6 Å². The van der Waals surface area contributed by atoms with Crippen molar-refractivity contribution < 1.29 is 23.8 Å². The van der Waals surface area contributed by atoms with Gasteiger partial charge in [-0.05, 0) is 49.9 Å². The average molecular weight is 361 g/mol. The third-order valence-corrected chi connectivity index (χ3v) is 4.26. The zero-order valence-electron chi connectivity index (χ0n) is 15.5. The van der Waals surface area contributed by atoms with Crippen LogP contribution in [0.5, 0.6) is 5.75 Å². The first-order chi connectivity index (χ1) is 12.1. The van der Waals surface area contributed by atoms with Crippen LogP contribution in [0.25, 0.3) is 11.0 Å².